The number of hydrogen-bond donors (Lipinski definition) is 0. The van der Waals surface area contributed by atoms with Crippen LogP contribution in [0.25, 0.3) is 16.5 Å². The van der Waals surface area contributed by atoms with Crippen molar-refractivity contribution in [1.29, 1.82) is 0 Å². The van der Waals surface area contributed by atoms with Gasteiger partial charge in [0.25, 0.3) is 0 Å². The average molecular weight is 264 g/mol. The van der Waals surface area contributed by atoms with Crippen LogP contribution in [0.5, 0.6) is 11.6 Å². The third kappa shape index (κ3) is 3.62. The third-order valence-corrected chi connectivity index (χ3v) is 2.12. The molecular weight excluding hydrogens is 252 g/mol. The summed E-state index contributed by atoms with van der Waals surface area (Å²) in [4.78, 5) is 18.0. The van der Waals surface area contributed by atoms with E-state index in [-0.39, 0.29) is 11.6 Å². The maximum absolute atomic E-state index is 11.4. The first-order chi connectivity index (χ1) is 9.15. The number of azide groups is 1. The molecule has 19 heavy (non-hydrogen) atoms. The normalized spacial score (nSPS) is 10.4. The van der Waals surface area contributed by atoms with Gasteiger partial charge in [0.05, 0.1) is 27.5 Å². The number of rotatable bonds is 5. The molecule has 0 aliphatic rings. The Kier molecular flexibility index (Phi) is 5.18. The number of aromatic nitrogens is 1. The summed E-state index contributed by atoms with van der Waals surface area (Å²) in [5.41, 5.74) is 8.64. The van der Waals surface area contributed by atoms with Gasteiger partial charge in [-0.25, -0.2) is 9.78 Å². The maximum atomic E-state index is 11.4. The highest BCUT2D eigenvalue weighted by Crippen LogP contribution is 2.23. The molecule has 0 N–H and O–H groups in total. The van der Waals surface area contributed by atoms with Crippen LogP contribution in [-0.2, 0) is 9.53 Å². The molecule has 1 heterocycles. The van der Waals surface area contributed by atoms with Crippen molar-refractivity contribution < 1.29 is 19.0 Å². The molecule has 1 rings (SSSR count). The lowest BCUT2D eigenvalue weighted by molar-refractivity contribution is -0.136. The van der Waals surface area contributed by atoms with Crippen LogP contribution in [0.3, 0.4) is 0 Å². The van der Waals surface area contributed by atoms with Crippen molar-refractivity contribution in [3.05, 3.63) is 34.0 Å². The summed E-state index contributed by atoms with van der Waals surface area (Å²) in [7, 11) is 4.09. The molecule has 8 heteroatoms. The zero-order chi connectivity index (χ0) is 14.3. The zero-order valence-corrected chi connectivity index (χ0v) is 10.7. The van der Waals surface area contributed by atoms with Gasteiger partial charge in [-0.05, 0) is 17.7 Å². The highest BCUT2D eigenvalue weighted by atomic mass is 16.5. The number of methoxy groups -OCH3 is 3. The van der Waals surface area contributed by atoms with E-state index in [2.05, 4.69) is 19.7 Å². The lowest BCUT2D eigenvalue weighted by Crippen LogP contribution is -2.02. The first kappa shape index (κ1) is 14.3. The van der Waals surface area contributed by atoms with Crippen molar-refractivity contribution in [1.82, 2.24) is 4.98 Å². The van der Waals surface area contributed by atoms with Gasteiger partial charge < -0.3 is 14.2 Å². The summed E-state index contributed by atoms with van der Waals surface area (Å²) in [6.07, 6.45) is 2.77. The average Bonchev–Trinajstić information content (AvgIpc) is 2.45. The van der Waals surface area contributed by atoms with Crippen LogP contribution >= 0.6 is 0 Å². The second-order valence-electron chi connectivity index (χ2n) is 3.18. The Labute approximate surface area is 109 Å². The summed E-state index contributed by atoms with van der Waals surface area (Å²) in [6, 6.07) is 1.58. The molecule has 0 aliphatic heterocycles. The van der Waals surface area contributed by atoms with Gasteiger partial charge in [-0.1, -0.05) is 5.11 Å². The highest BCUT2D eigenvalue weighted by molar-refractivity contribution is 5.93. The Morgan fingerprint density at radius 1 is 1.42 bits per heavy atom. The first-order valence-corrected chi connectivity index (χ1v) is 5.09. The van der Waals surface area contributed by atoms with Crippen molar-refractivity contribution in [3.63, 3.8) is 0 Å². The first-order valence-electron chi connectivity index (χ1n) is 5.09. The number of carbonyl (C=O) groups is 1. The Morgan fingerprint density at radius 2 is 2.16 bits per heavy atom. The fourth-order valence-corrected chi connectivity index (χ4v) is 1.26. The van der Waals surface area contributed by atoms with Crippen LogP contribution in [0.2, 0.25) is 0 Å². The monoisotopic (exact) mass is 264 g/mol. The predicted molar refractivity (Wildman–Crippen MR) is 66.5 cm³/mol. The maximum Gasteiger partial charge on any atom is 0.340 e. The molecule has 0 bridgehead atoms. The minimum Gasteiger partial charge on any atom is -0.495 e. The molecule has 0 unspecified atom stereocenters. The van der Waals surface area contributed by atoms with Crippen molar-refractivity contribution in [2.75, 3.05) is 21.3 Å². The highest BCUT2D eigenvalue weighted by Gasteiger charge is 2.11. The van der Waals surface area contributed by atoms with Crippen LogP contribution in [0.1, 0.15) is 5.56 Å². The number of pyridine rings is 1. The van der Waals surface area contributed by atoms with E-state index in [0.717, 1.165) is 0 Å². The van der Waals surface area contributed by atoms with Crippen molar-refractivity contribution in [2.24, 2.45) is 5.11 Å². The van der Waals surface area contributed by atoms with Gasteiger partial charge in [-0.3, -0.25) is 0 Å². The second-order valence-corrected chi connectivity index (χ2v) is 3.18. The predicted octanol–water partition coefficient (Wildman–Crippen LogP) is 1.92. The fourth-order valence-electron chi connectivity index (χ4n) is 1.26. The Hall–Kier alpha value is -2.73. The van der Waals surface area contributed by atoms with Gasteiger partial charge in [0.15, 0.2) is 0 Å². The van der Waals surface area contributed by atoms with Gasteiger partial charge in [0, 0.05) is 10.5 Å². The van der Waals surface area contributed by atoms with E-state index in [1.165, 1.54) is 33.6 Å². The van der Waals surface area contributed by atoms with Gasteiger partial charge in [0.1, 0.15) is 11.4 Å². The molecule has 0 aromatic carbocycles. The number of esters is 1. The molecular formula is C11H12N4O4. The molecule has 0 saturated heterocycles. The molecule has 0 amide bonds. The number of ether oxygens (including phenoxy) is 3. The molecule has 1 aromatic rings. The molecule has 0 saturated carbocycles. The molecule has 1 aromatic heterocycles. The molecule has 100 valence electrons. The molecule has 0 atom stereocenters. The quantitative estimate of drug-likeness (QED) is 0.265. The molecule has 0 aliphatic carbocycles. The zero-order valence-electron chi connectivity index (χ0n) is 10.7. The van der Waals surface area contributed by atoms with Crippen molar-refractivity contribution in [2.45, 2.75) is 0 Å². The topological polar surface area (TPSA) is 106 Å². The van der Waals surface area contributed by atoms with Crippen LogP contribution in [0.4, 0.5) is 0 Å². The Morgan fingerprint density at radius 3 is 2.68 bits per heavy atom. The molecule has 0 fully saturated rings. The van der Waals surface area contributed by atoms with E-state index >= 15 is 0 Å². The fraction of sp³-hybridized carbons (Fsp3) is 0.273. The van der Waals surface area contributed by atoms with Gasteiger partial charge in [-0.15, -0.1) is 0 Å². The summed E-state index contributed by atoms with van der Waals surface area (Å²) in [6.45, 7) is 0. The summed E-state index contributed by atoms with van der Waals surface area (Å²) in [5, 5.41) is 3.26. The van der Waals surface area contributed by atoms with Gasteiger partial charge in [0.2, 0.25) is 5.88 Å². The Balaban J connectivity index is 3.32. The molecule has 0 spiro atoms. The SMILES string of the molecule is COC(=O)/C(=C/c1cc(OC)cnc1OC)N=[N+]=[N-]. The smallest absolute Gasteiger partial charge is 0.340 e. The van der Waals surface area contributed by atoms with Crippen LogP contribution < -0.4 is 9.47 Å². The van der Waals surface area contributed by atoms with Crippen LogP contribution in [0, 0.1) is 0 Å². The van der Waals surface area contributed by atoms with Crippen LogP contribution in [-0.4, -0.2) is 32.3 Å². The molecule has 8 nitrogen and oxygen atoms in total. The molecule has 0 radical (unpaired) electrons. The minimum absolute atomic E-state index is 0.210. The van der Waals surface area contributed by atoms with Gasteiger partial charge >= 0.3 is 5.97 Å². The van der Waals surface area contributed by atoms with Gasteiger partial charge in [-0.2, -0.15) is 0 Å². The van der Waals surface area contributed by atoms with E-state index in [9.17, 15) is 4.79 Å². The van der Waals surface area contributed by atoms with Crippen LogP contribution in [0.15, 0.2) is 23.1 Å². The third-order valence-electron chi connectivity index (χ3n) is 2.12. The lowest BCUT2D eigenvalue weighted by Gasteiger charge is -2.06. The lowest BCUT2D eigenvalue weighted by atomic mass is 10.2. The van der Waals surface area contributed by atoms with E-state index in [1.54, 1.807) is 6.07 Å². The second kappa shape index (κ2) is 6.87. The number of hydrogen-bond acceptors (Lipinski definition) is 6. The van der Waals surface area contributed by atoms with E-state index in [0.29, 0.717) is 11.3 Å². The number of carbonyl (C=O) groups excluding carboxylic acids is 1. The van der Waals surface area contributed by atoms with Crippen molar-refractivity contribution in [3.8, 4) is 11.6 Å². The van der Waals surface area contributed by atoms with Crippen molar-refractivity contribution >= 4 is 12.0 Å². The summed E-state index contributed by atoms with van der Waals surface area (Å²) >= 11 is 0. The van der Waals surface area contributed by atoms with E-state index < -0.39 is 5.97 Å². The Bertz CT molecular complexity index is 550. The standard InChI is InChI=1S/C11H12N4O4/c1-17-8-4-7(10(18-2)13-6-8)5-9(14-15-12)11(16)19-3/h4-6H,1-3H3/b9-5-. The van der Waals surface area contributed by atoms with E-state index in [4.69, 9.17) is 15.0 Å². The summed E-state index contributed by atoms with van der Waals surface area (Å²) < 4.78 is 14.6. The largest absolute Gasteiger partial charge is 0.495 e. The number of nitrogens with zero attached hydrogens (tertiary/aromatic N) is 4. The minimum atomic E-state index is -0.761. The van der Waals surface area contributed by atoms with E-state index in [1.807, 2.05) is 0 Å². The summed E-state index contributed by atoms with van der Waals surface area (Å²) in [5.74, 6) is -0.0322.